The van der Waals surface area contributed by atoms with E-state index in [0.717, 1.165) is 18.5 Å². The van der Waals surface area contributed by atoms with Crippen molar-refractivity contribution in [3.63, 3.8) is 0 Å². The van der Waals surface area contributed by atoms with Gasteiger partial charge in [-0.3, -0.25) is 9.89 Å². The van der Waals surface area contributed by atoms with E-state index in [0.29, 0.717) is 18.8 Å². The highest BCUT2D eigenvalue weighted by atomic mass is 16.5. The third-order valence-corrected chi connectivity index (χ3v) is 3.45. The predicted octanol–water partition coefficient (Wildman–Crippen LogP) is -0.0416. The summed E-state index contributed by atoms with van der Waals surface area (Å²) in [7, 11) is 1.28. The number of hydrogen-bond donors (Lipinski definition) is 2. The fourth-order valence-corrected chi connectivity index (χ4v) is 2.30. The van der Waals surface area contributed by atoms with Crippen molar-refractivity contribution in [2.45, 2.75) is 25.8 Å². The Morgan fingerprint density at radius 1 is 1.57 bits per heavy atom. The summed E-state index contributed by atoms with van der Waals surface area (Å²) in [6, 6.07) is -0.762. The molecule has 1 fully saturated rings. The van der Waals surface area contributed by atoms with E-state index in [1.54, 1.807) is 0 Å². The summed E-state index contributed by atoms with van der Waals surface area (Å²) in [6.45, 7) is 2.79. The molecule has 0 saturated carbocycles. The van der Waals surface area contributed by atoms with Gasteiger partial charge in [0.25, 0.3) is 5.91 Å². The molecule has 1 aromatic rings. The second-order valence-electron chi connectivity index (χ2n) is 4.83. The van der Waals surface area contributed by atoms with Gasteiger partial charge < -0.3 is 20.1 Å². The first-order chi connectivity index (χ1) is 10.1. The molecule has 0 aromatic carbocycles. The molecule has 2 rings (SSSR count). The lowest BCUT2D eigenvalue weighted by Crippen LogP contribution is -2.53. The molecule has 1 saturated heterocycles. The number of aromatic nitrogens is 2. The van der Waals surface area contributed by atoms with Crippen LogP contribution in [0, 0.1) is 0 Å². The lowest BCUT2D eigenvalue weighted by molar-refractivity contribution is -0.151. The number of H-pyrrole nitrogens is 1. The van der Waals surface area contributed by atoms with Crippen molar-refractivity contribution in [3.05, 3.63) is 11.4 Å². The van der Waals surface area contributed by atoms with Gasteiger partial charge in [0.15, 0.2) is 11.7 Å². The number of aryl methyl sites for hydroxylation is 1. The molecule has 8 heteroatoms. The summed E-state index contributed by atoms with van der Waals surface area (Å²) >= 11 is 0. The van der Waals surface area contributed by atoms with Gasteiger partial charge in [0.05, 0.1) is 31.7 Å². The van der Waals surface area contributed by atoms with Crippen molar-refractivity contribution in [3.8, 4) is 0 Å². The maximum Gasteiger partial charge on any atom is 0.331 e. The van der Waals surface area contributed by atoms with Crippen LogP contribution in [0.15, 0.2) is 0 Å². The van der Waals surface area contributed by atoms with Crippen LogP contribution >= 0.6 is 0 Å². The van der Waals surface area contributed by atoms with Gasteiger partial charge >= 0.3 is 5.97 Å². The summed E-state index contributed by atoms with van der Waals surface area (Å²) in [4.78, 5) is 25.7. The molecule has 1 unspecified atom stereocenters. The van der Waals surface area contributed by atoms with E-state index in [4.69, 9.17) is 15.2 Å². The Morgan fingerprint density at radius 2 is 2.33 bits per heavy atom. The quantitative estimate of drug-likeness (QED) is 0.754. The average Bonchev–Trinajstić information content (AvgIpc) is 2.87. The normalized spacial score (nSPS) is 18.6. The number of ether oxygens (including phenoxy) is 2. The highest BCUT2D eigenvalue weighted by Crippen LogP contribution is 2.20. The van der Waals surface area contributed by atoms with E-state index in [2.05, 4.69) is 10.2 Å². The summed E-state index contributed by atoms with van der Waals surface area (Å²) in [5.41, 5.74) is 7.19. The molecule has 116 valence electrons. The molecule has 2 heterocycles. The smallest absolute Gasteiger partial charge is 0.331 e. The number of aromatic amines is 1. The van der Waals surface area contributed by atoms with Crippen molar-refractivity contribution in [2.75, 3.05) is 32.6 Å². The molecular weight excluding hydrogens is 276 g/mol. The highest BCUT2D eigenvalue weighted by Gasteiger charge is 2.36. The Bertz CT molecular complexity index is 528. The molecule has 1 amide bonds. The van der Waals surface area contributed by atoms with Gasteiger partial charge in [-0.2, -0.15) is 5.10 Å². The van der Waals surface area contributed by atoms with Crippen molar-refractivity contribution in [1.29, 1.82) is 0 Å². The summed E-state index contributed by atoms with van der Waals surface area (Å²) < 4.78 is 9.95. The number of carbonyl (C=O) groups excluding carboxylic acids is 2. The molecule has 21 heavy (non-hydrogen) atoms. The summed E-state index contributed by atoms with van der Waals surface area (Å²) in [6.07, 6.45) is 1.61. The number of nitrogens with zero attached hydrogens (tertiary/aromatic N) is 2. The van der Waals surface area contributed by atoms with Crippen LogP contribution in [0.25, 0.3) is 0 Å². The van der Waals surface area contributed by atoms with Crippen molar-refractivity contribution in [1.82, 2.24) is 15.1 Å². The van der Waals surface area contributed by atoms with Gasteiger partial charge in [-0.05, 0) is 6.42 Å². The van der Waals surface area contributed by atoms with E-state index < -0.39 is 12.0 Å². The van der Waals surface area contributed by atoms with E-state index in [-0.39, 0.29) is 18.2 Å². The minimum Gasteiger partial charge on any atom is -0.467 e. The fraction of sp³-hybridized carbons (Fsp3) is 0.615. The van der Waals surface area contributed by atoms with Crippen LogP contribution in [0.4, 0.5) is 5.69 Å². The second kappa shape index (κ2) is 6.57. The zero-order chi connectivity index (χ0) is 15.4. The number of nitrogen functional groups attached to an aromatic ring is 1. The van der Waals surface area contributed by atoms with E-state index in [1.807, 2.05) is 6.92 Å². The molecule has 0 bridgehead atoms. The van der Waals surface area contributed by atoms with Gasteiger partial charge in [0.2, 0.25) is 0 Å². The standard InChI is InChI=1S/C13H20N4O4/c1-3-4-8-10(14)11(16-15-8)12(18)17-5-6-21-7-9(17)13(19)20-2/h9H,3-7,14H2,1-2H3,(H,15,16). The number of carbonyl (C=O) groups is 2. The Labute approximate surface area is 122 Å². The van der Waals surface area contributed by atoms with Gasteiger partial charge in [0, 0.05) is 6.54 Å². The summed E-state index contributed by atoms with van der Waals surface area (Å²) in [5, 5.41) is 6.78. The maximum absolute atomic E-state index is 12.6. The number of rotatable bonds is 4. The molecule has 0 aliphatic carbocycles. The molecule has 1 aromatic heterocycles. The SMILES string of the molecule is CCCc1[nH]nc(C(=O)N2CCOCC2C(=O)OC)c1N. The van der Waals surface area contributed by atoms with Crippen LogP contribution in [0.1, 0.15) is 29.5 Å². The van der Waals surface area contributed by atoms with Gasteiger partial charge in [-0.25, -0.2) is 4.79 Å². The molecular formula is C13H20N4O4. The first-order valence-electron chi connectivity index (χ1n) is 6.89. The maximum atomic E-state index is 12.6. The number of nitrogens with one attached hydrogen (secondary N) is 1. The molecule has 1 aliphatic rings. The van der Waals surface area contributed by atoms with Crippen molar-refractivity contribution < 1.29 is 19.1 Å². The first kappa shape index (κ1) is 15.3. The lowest BCUT2D eigenvalue weighted by atomic mass is 10.1. The van der Waals surface area contributed by atoms with Crippen molar-refractivity contribution >= 4 is 17.6 Å². The predicted molar refractivity (Wildman–Crippen MR) is 74.7 cm³/mol. The number of esters is 1. The zero-order valence-electron chi connectivity index (χ0n) is 12.2. The van der Waals surface area contributed by atoms with Crippen LogP contribution in [0.5, 0.6) is 0 Å². The van der Waals surface area contributed by atoms with E-state index >= 15 is 0 Å². The Morgan fingerprint density at radius 3 is 3.00 bits per heavy atom. The minimum absolute atomic E-state index is 0.116. The number of nitrogens with two attached hydrogens (primary N) is 1. The van der Waals surface area contributed by atoms with E-state index in [1.165, 1.54) is 12.0 Å². The zero-order valence-corrected chi connectivity index (χ0v) is 12.2. The minimum atomic E-state index is -0.762. The third-order valence-electron chi connectivity index (χ3n) is 3.45. The number of amides is 1. The topological polar surface area (TPSA) is 111 Å². The Balaban J connectivity index is 2.22. The summed E-state index contributed by atoms with van der Waals surface area (Å²) in [5.74, 6) is -0.893. The Kier molecular flexibility index (Phi) is 4.79. The number of morpholine rings is 1. The van der Waals surface area contributed by atoms with Crippen LogP contribution in [0.3, 0.4) is 0 Å². The van der Waals surface area contributed by atoms with E-state index in [9.17, 15) is 9.59 Å². The first-order valence-corrected chi connectivity index (χ1v) is 6.89. The van der Waals surface area contributed by atoms with Crippen LogP contribution in [0.2, 0.25) is 0 Å². The Hall–Kier alpha value is -2.09. The van der Waals surface area contributed by atoms with Crippen LogP contribution in [-0.4, -0.2) is 59.9 Å². The van der Waals surface area contributed by atoms with Crippen LogP contribution < -0.4 is 5.73 Å². The molecule has 0 radical (unpaired) electrons. The molecule has 1 atom stereocenters. The monoisotopic (exact) mass is 296 g/mol. The van der Waals surface area contributed by atoms with Gasteiger partial charge in [0.1, 0.15) is 0 Å². The lowest BCUT2D eigenvalue weighted by Gasteiger charge is -2.33. The van der Waals surface area contributed by atoms with Crippen molar-refractivity contribution in [2.24, 2.45) is 0 Å². The fourth-order valence-electron chi connectivity index (χ4n) is 2.30. The van der Waals surface area contributed by atoms with Crippen LogP contribution in [-0.2, 0) is 20.7 Å². The molecule has 8 nitrogen and oxygen atoms in total. The number of anilines is 1. The largest absolute Gasteiger partial charge is 0.467 e. The average molecular weight is 296 g/mol. The van der Waals surface area contributed by atoms with Gasteiger partial charge in [-0.1, -0.05) is 13.3 Å². The second-order valence-corrected chi connectivity index (χ2v) is 4.83. The number of methoxy groups -OCH3 is 1. The van der Waals surface area contributed by atoms with Gasteiger partial charge in [-0.15, -0.1) is 0 Å². The highest BCUT2D eigenvalue weighted by molar-refractivity contribution is 5.99. The third kappa shape index (κ3) is 2.99. The molecule has 3 N–H and O–H groups in total. The molecule has 0 spiro atoms. The molecule has 1 aliphatic heterocycles. The number of hydrogen-bond acceptors (Lipinski definition) is 6.